The van der Waals surface area contributed by atoms with Crippen LogP contribution in [0.4, 0.5) is 0 Å². The van der Waals surface area contributed by atoms with Crippen LogP contribution in [0.2, 0.25) is 0 Å². The third-order valence-corrected chi connectivity index (χ3v) is 2.70. The lowest BCUT2D eigenvalue weighted by Crippen LogP contribution is -2.64. The predicted molar refractivity (Wildman–Crippen MR) is 56.8 cm³/mol. The van der Waals surface area contributed by atoms with Gasteiger partial charge >= 0.3 is 0 Å². The number of amides is 1. The first kappa shape index (κ1) is 14.3. The highest BCUT2D eigenvalue weighted by atomic mass is 16.6. The quantitative estimate of drug-likeness (QED) is 0.382. The van der Waals surface area contributed by atoms with Gasteiger partial charge in [0.1, 0.15) is 24.4 Å². The molecular weight excluding hydrogens is 230 g/mol. The van der Waals surface area contributed by atoms with Crippen molar-refractivity contribution in [3.05, 3.63) is 0 Å². The standard InChI is InChI=1S/C10H19NO6/c1-2-3-6(13)11-7-9(15)8(14)5(4-12)17-10(7)16/h5,7-10,12,14-16H,2-4H2,1H3,(H,11,13). The van der Waals surface area contributed by atoms with Gasteiger partial charge in [0.15, 0.2) is 6.29 Å². The lowest BCUT2D eigenvalue weighted by atomic mass is 9.97. The monoisotopic (exact) mass is 249 g/mol. The minimum Gasteiger partial charge on any atom is -0.394 e. The fourth-order valence-corrected chi connectivity index (χ4v) is 1.74. The average molecular weight is 249 g/mol. The number of ether oxygens (including phenoxy) is 1. The summed E-state index contributed by atoms with van der Waals surface area (Å²) in [5, 5.41) is 40.1. The molecule has 1 aliphatic rings. The average Bonchev–Trinajstić information content (AvgIpc) is 2.29. The molecule has 17 heavy (non-hydrogen) atoms. The van der Waals surface area contributed by atoms with Gasteiger partial charge in [-0.1, -0.05) is 6.92 Å². The van der Waals surface area contributed by atoms with Gasteiger partial charge in [0, 0.05) is 6.42 Å². The summed E-state index contributed by atoms with van der Waals surface area (Å²) in [6, 6.07) is -1.09. The Kier molecular flexibility index (Phi) is 5.29. The predicted octanol–water partition coefficient (Wildman–Crippen LogP) is -2.30. The molecule has 0 aromatic carbocycles. The Morgan fingerprint density at radius 2 is 1.94 bits per heavy atom. The van der Waals surface area contributed by atoms with Crippen molar-refractivity contribution < 1.29 is 30.0 Å². The number of carbonyl (C=O) groups is 1. The SMILES string of the molecule is CCCC(=O)NC1C(O)OC(CO)C(O)C1O. The lowest BCUT2D eigenvalue weighted by molar-refractivity contribution is -0.253. The fraction of sp³-hybridized carbons (Fsp3) is 0.900. The number of nitrogens with one attached hydrogen (secondary N) is 1. The largest absolute Gasteiger partial charge is 0.394 e. The summed E-state index contributed by atoms with van der Waals surface area (Å²) in [4.78, 5) is 11.3. The number of hydrogen-bond acceptors (Lipinski definition) is 6. The molecule has 1 heterocycles. The molecule has 100 valence electrons. The van der Waals surface area contributed by atoms with E-state index in [9.17, 15) is 20.1 Å². The van der Waals surface area contributed by atoms with Crippen LogP contribution >= 0.6 is 0 Å². The lowest BCUT2D eigenvalue weighted by Gasteiger charge is -2.40. The fourth-order valence-electron chi connectivity index (χ4n) is 1.74. The van der Waals surface area contributed by atoms with E-state index in [1.165, 1.54) is 0 Å². The van der Waals surface area contributed by atoms with Gasteiger partial charge in [0.2, 0.25) is 5.91 Å². The Labute approximate surface area is 99.0 Å². The Morgan fingerprint density at radius 3 is 2.47 bits per heavy atom. The van der Waals surface area contributed by atoms with Crippen molar-refractivity contribution in [3.8, 4) is 0 Å². The molecule has 0 spiro atoms. The van der Waals surface area contributed by atoms with Crippen LogP contribution < -0.4 is 5.32 Å². The highest BCUT2D eigenvalue weighted by Gasteiger charge is 2.44. The maximum Gasteiger partial charge on any atom is 0.220 e. The van der Waals surface area contributed by atoms with Crippen LogP contribution in [0.25, 0.3) is 0 Å². The first-order valence-electron chi connectivity index (χ1n) is 5.61. The number of rotatable bonds is 4. The molecule has 5 N–H and O–H groups in total. The van der Waals surface area contributed by atoms with Crippen LogP contribution in [0.3, 0.4) is 0 Å². The van der Waals surface area contributed by atoms with Gasteiger partial charge < -0.3 is 30.5 Å². The third kappa shape index (κ3) is 3.36. The number of aliphatic hydroxyl groups excluding tert-OH is 4. The Hall–Kier alpha value is -0.730. The molecule has 7 nitrogen and oxygen atoms in total. The van der Waals surface area contributed by atoms with E-state index in [1.54, 1.807) is 0 Å². The minimum absolute atomic E-state index is 0.259. The van der Waals surface area contributed by atoms with Gasteiger partial charge in [-0.15, -0.1) is 0 Å². The molecule has 0 aromatic heterocycles. The van der Waals surface area contributed by atoms with Crippen molar-refractivity contribution in [3.63, 3.8) is 0 Å². The van der Waals surface area contributed by atoms with Crippen LogP contribution in [-0.4, -0.2) is 63.6 Å². The summed E-state index contributed by atoms with van der Waals surface area (Å²) in [5.41, 5.74) is 0. The van der Waals surface area contributed by atoms with Crippen LogP contribution in [0.1, 0.15) is 19.8 Å². The third-order valence-electron chi connectivity index (χ3n) is 2.70. The van der Waals surface area contributed by atoms with E-state index in [0.717, 1.165) is 0 Å². The van der Waals surface area contributed by atoms with Gasteiger partial charge in [0.05, 0.1) is 6.61 Å². The van der Waals surface area contributed by atoms with Crippen molar-refractivity contribution in [2.45, 2.75) is 50.4 Å². The number of hydrogen-bond donors (Lipinski definition) is 5. The van der Waals surface area contributed by atoms with Crippen LogP contribution in [0, 0.1) is 0 Å². The molecule has 1 aliphatic heterocycles. The zero-order chi connectivity index (χ0) is 13.0. The Bertz CT molecular complexity index is 261. The number of carbonyl (C=O) groups excluding carboxylic acids is 1. The molecule has 0 aliphatic carbocycles. The van der Waals surface area contributed by atoms with Gasteiger partial charge in [-0.2, -0.15) is 0 Å². The van der Waals surface area contributed by atoms with E-state index in [-0.39, 0.29) is 12.3 Å². The van der Waals surface area contributed by atoms with Gasteiger partial charge in [-0.3, -0.25) is 4.79 Å². The highest BCUT2D eigenvalue weighted by Crippen LogP contribution is 2.19. The summed E-state index contributed by atoms with van der Waals surface area (Å²) < 4.78 is 4.89. The second kappa shape index (κ2) is 6.27. The topological polar surface area (TPSA) is 119 Å². The second-order valence-electron chi connectivity index (χ2n) is 4.07. The smallest absolute Gasteiger partial charge is 0.220 e. The van der Waals surface area contributed by atoms with Gasteiger partial charge in [0.25, 0.3) is 0 Å². The molecule has 0 bridgehead atoms. The molecule has 1 amide bonds. The second-order valence-corrected chi connectivity index (χ2v) is 4.07. The van der Waals surface area contributed by atoms with E-state index in [0.29, 0.717) is 6.42 Å². The molecule has 1 saturated heterocycles. The molecule has 1 rings (SSSR count). The number of aliphatic hydroxyl groups is 4. The molecule has 0 aromatic rings. The summed E-state index contributed by atoms with van der Waals surface area (Å²) in [5.74, 6) is -0.339. The summed E-state index contributed by atoms with van der Waals surface area (Å²) in [6.07, 6.45) is -4.35. The van der Waals surface area contributed by atoms with Crippen LogP contribution in [0.15, 0.2) is 0 Å². The minimum atomic E-state index is -1.45. The van der Waals surface area contributed by atoms with E-state index in [1.807, 2.05) is 6.92 Å². The normalized spacial score (nSPS) is 37.8. The van der Waals surface area contributed by atoms with Gasteiger partial charge in [-0.05, 0) is 6.42 Å². The van der Waals surface area contributed by atoms with E-state index < -0.39 is 37.3 Å². The Balaban J connectivity index is 2.63. The van der Waals surface area contributed by atoms with E-state index in [4.69, 9.17) is 9.84 Å². The molecule has 5 atom stereocenters. The molecule has 0 saturated carbocycles. The summed E-state index contributed by atoms with van der Waals surface area (Å²) in [7, 11) is 0. The summed E-state index contributed by atoms with van der Waals surface area (Å²) >= 11 is 0. The highest BCUT2D eigenvalue weighted by molar-refractivity contribution is 5.76. The van der Waals surface area contributed by atoms with Crippen molar-refractivity contribution >= 4 is 5.91 Å². The van der Waals surface area contributed by atoms with Crippen molar-refractivity contribution in [1.82, 2.24) is 5.32 Å². The van der Waals surface area contributed by atoms with Crippen molar-refractivity contribution in [2.75, 3.05) is 6.61 Å². The maximum absolute atomic E-state index is 11.3. The molecule has 7 heteroatoms. The molecule has 0 radical (unpaired) electrons. The first-order chi connectivity index (χ1) is 8.01. The van der Waals surface area contributed by atoms with Crippen LogP contribution in [0.5, 0.6) is 0 Å². The first-order valence-corrected chi connectivity index (χ1v) is 5.61. The van der Waals surface area contributed by atoms with Crippen molar-refractivity contribution in [2.24, 2.45) is 0 Å². The summed E-state index contributed by atoms with van der Waals surface area (Å²) in [6.45, 7) is 1.30. The van der Waals surface area contributed by atoms with Crippen molar-refractivity contribution in [1.29, 1.82) is 0 Å². The molecular formula is C10H19NO6. The van der Waals surface area contributed by atoms with E-state index in [2.05, 4.69) is 5.32 Å². The van der Waals surface area contributed by atoms with E-state index >= 15 is 0 Å². The zero-order valence-corrected chi connectivity index (χ0v) is 9.61. The molecule has 1 fully saturated rings. The Morgan fingerprint density at radius 1 is 1.29 bits per heavy atom. The maximum atomic E-state index is 11.3. The zero-order valence-electron chi connectivity index (χ0n) is 9.61. The van der Waals surface area contributed by atoms with Gasteiger partial charge in [-0.25, -0.2) is 0 Å². The van der Waals surface area contributed by atoms with Crippen LogP contribution in [-0.2, 0) is 9.53 Å². The molecule has 5 unspecified atom stereocenters.